The lowest BCUT2D eigenvalue weighted by molar-refractivity contribution is -0.145. The number of amides is 2. The highest BCUT2D eigenvalue weighted by Crippen LogP contribution is 2.09. The van der Waals surface area contributed by atoms with Crippen LogP contribution in [0.3, 0.4) is 0 Å². The zero-order valence-electron chi connectivity index (χ0n) is 11.1. The molecule has 0 unspecified atom stereocenters. The zero-order chi connectivity index (χ0) is 14.3. The fourth-order valence-corrected chi connectivity index (χ4v) is 1.94. The minimum atomic E-state index is -0.671. The van der Waals surface area contributed by atoms with Gasteiger partial charge in [-0.3, -0.25) is 9.59 Å². The van der Waals surface area contributed by atoms with Gasteiger partial charge in [0.25, 0.3) is 0 Å². The first-order valence-electron chi connectivity index (χ1n) is 6.37. The maximum atomic E-state index is 11.9. The van der Waals surface area contributed by atoms with Crippen LogP contribution in [0.4, 0.5) is 0 Å². The predicted molar refractivity (Wildman–Crippen MR) is 69.2 cm³/mol. The van der Waals surface area contributed by atoms with Gasteiger partial charge in [-0.25, -0.2) is 4.79 Å². The van der Waals surface area contributed by atoms with E-state index in [1.165, 1.54) is 7.11 Å². The van der Waals surface area contributed by atoms with Crippen molar-refractivity contribution in [1.82, 2.24) is 10.6 Å². The van der Waals surface area contributed by atoms with Crippen molar-refractivity contribution >= 4 is 17.8 Å². The van der Waals surface area contributed by atoms with E-state index in [2.05, 4.69) is 21.9 Å². The summed E-state index contributed by atoms with van der Waals surface area (Å²) in [4.78, 5) is 34.5. The van der Waals surface area contributed by atoms with Gasteiger partial charge in [-0.1, -0.05) is 6.08 Å². The van der Waals surface area contributed by atoms with Crippen LogP contribution in [0.5, 0.6) is 0 Å². The molecule has 0 aromatic heterocycles. The summed E-state index contributed by atoms with van der Waals surface area (Å²) in [6.07, 6.45) is 4.56. The number of carbonyl (C=O) groups excluding carboxylic acids is 3. The summed E-state index contributed by atoms with van der Waals surface area (Å²) in [5.41, 5.74) is 0. The van der Waals surface area contributed by atoms with E-state index in [9.17, 15) is 14.4 Å². The third-order valence-electron chi connectivity index (χ3n) is 3.02. The molecule has 0 spiro atoms. The molecule has 2 amide bonds. The number of methoxy groups -OCH3 is 1. The molecule has 1 heterocycles. The van der Waals surface area contributed by atoms with Gasteiger partial charge in [-0.05, 0) is 25.7 Å². The van der Waals surface area contributed by atoms with E-state index in [-0.39, 0.29) is 11.8 Å². The average Bonchev–Trinajstić information content (AvgIpc) is 2.83. The normalized spacial score (nSPS) is 19.4. The van der Waals surface area contributed by atoms with Crippen LogP contribution in [0.1, 0.15) is 32.1 Å². The average molecular weight is 268 g/mol. The molecule has 2 N–H and O–H groups in total. The van der Waals surface area contributed by atoms with Gasteiger partial charge < -0.3 is 15.4 Å². The van der Waals surface area contributed by atoms with Gasteiger partial charge in [0.05, 0.1) is 7.11 Å². The van der Waals surface area contributed by atoms with Crippen LogP contribution in [0.2, 0.25) is 0 Å². The van der Waals surface area contributed by atoms with Crippen LogP contribution in [-0.4, -0.2) is 37.0 Å². The van der Waals surface area contributed by atoms with E-state index in [1.807, 2.05) is 0 Å². The van der Waals surface area contributed by atoms with E-state index in [0.717, 1.165) is 12.8 Å². The Kier molecular flexibility index (Phi) is 6.05. The van der Waals surface area contributed by atoms with Gasteiger partial charge in [0.15, 0.2) is 0 Å². The maximum absolute atomic E-state index is 11.9. The van der Waals surface area contributed by atoms with E-state index < -0.39 is 18.1 Å². The predicted octanol–water partition coefficient (Wildman–Crippen LogP) is 0.279. The Morgan fingerprint density at radius 2 is 2.37 bits per heavy atom. The van der Waals surface area contributed by atoms with Crippen molar-refractivity contribution in [1.29, 1.82) is 0 Å². The SMILES string of the molecule is C=CCCC[C@H](NC(=O)[C@@H]1CCC(=O)N1)C(=O)OC. The van der Waals surface area contributed by atoms with E-state index in [4.69, 9.17) is 0 Å². The number of hydrogen-bond acceptors (Lipinski definition) is 4. The third-order valence-corrected chi connectivity index (χ3v) is 3.02. The molecule has 1 rings (SSSR count). The number of nitrogens with one attached hydrogen (secondary N) is 2. The summed E-state index contributed by atoms with van der Waals surface area (Å²) >= 11 is 0. The highest BCUT2D eigenvalue weighted by Gasteiger charge is 2.30. The molecule has 6 heteroatoms. The van der Waals surface area contributed by atoms with Crippen molar-refractivity contribution in [2.75, 3.05) is 7.11 Å². The van der Waals surface area contributed by atoms with Crippen molar-refractivity contribution in [3.05, 3.63) is 12.7 Å². The van der Waals surface area contributed by atoms with E-state index >= 15 is 0 Å². The first-order chi connectivity index (χ1) is 9.08. The first-order valence-corrected chi connectivity index (χ1v) is 6.37. The quantitative estimate of drug-likeness (QED) is 0.394. The Morgan fingerprint density at radius 1 is 1.63 bits per heavy atom. The molecule has 19 heavy (non-hydrogen) atoms. The smallest absolute Gasteiger partial charge is 0.328 e. The fourth-order valence-electron chi connectivity index (χ4n) is 1.94. The molecule has 1 aliphatic heterocycles. The van der Waals surface area contributed by atoms with Gasteiger partial charge in [0, 0.05) is 6.42 Å². The second-order valence-corrected chi connectivity index (χ2v) is 4.46. The van der Waals surface area contributed by atoms with E-state index in [1.54, 1.807) is 6.08 Å². The van der Waals surface area contributed by atoms with E-state index in [0.29, 0.717) is 19.3 Å². The molecule has 0 radical (unpaired) electrons. The molecule has 106 valence electrons. The molecule has 0 bridgehead atoms. The molecule has 2 atom stereocenters. The second kappa shape index (κ2) is 7.56. The molecule has 1 saturated heterocycles. The van der Waals surface area contributed by atoms with Crippen LogP contribution >= 0.6 is 0 Å². The molecule has 0 aromatic carbocycles. The Labute approximate surface area is 112 Å². The van der Waals surface area contributed by atoms with Crippen LogP contribution in [0, 0.1) is 0 Å². The van der Waals surface area contributed by atoms with Crippen molar-refractivity contribution in [2.24, 2.45) is 0 Å². The summed E-state index contributed by atoms with van der Waals surface area (Å²) < 4.78 is 4.66. The van der Waals surface area contributed by atoms with Crippen LogP contribution < -0.4 is 10.6 Å². The Hall–Kier alpha value is -1.85. The number of carbonyl (C=O) groups is 3. The second-order valence-electron chi connectivity index (χ2n) is 4.46. The Bertz CT molecular complexity index is 368. The number of allylic oxidation sites excluding steroid dienone is 1. The van der Waals surface area contributed by atoms with Gasteiger partial charge in [-0.15, -0.1) is 6.58 Å². The zero-order valence-corrected chi connectivity index (χ0v) is 11.1. The lowest BCUT2D eigenvalue weighted by Gasteiger charge is -2.18. The minimum absolute atomic E-state index is 0.138. The van der Waals surface area contributed by atoms with Gasteiger partial charge >= 0.3 is 5.97 Å². The number of hydrogen-bond donors (Lipinski definition) is 2. The Morgan fingerprint density at radius 3 is 2.89 bits per heavy atom. The van der Waals surface area contributed by atoms with Crippen LogP contribution in [0.25, 0.3) is 0 Å². The van der Waals surface area contributed by atoms with Crippen molar-refractivity contribution < 1.29 is 19.1 Å². The topological polar surface area (TPSA) is 84.5 Å². The highest BCUT2D eigenvalue weighted by atomic mass is 16.5. The van der Waals surface area contributed by atoms with Crippen molar-refractivity contribution in [2.45, 2.75) is 44.2 Å². The summed E-state index contributed by atoms with van der Waals surface area (Å²) in [5.74, 6) is -0.942. The minimum Gasteiger partial charge on any atom is -0.467 e. The standard InChI is InChI=1S/C13H20N2O4/c1-3-4-5-6-10(13(18)19-2)15-12(17)9-7-8-11(16)14-9/h3,9-10H,1,4-8H2,2H3,(H,14,16)(H,15,17)/t9-,10-/m0/s1. The lowest BCUT2D eigenvalue weighted by Crippen LogP contribution is -2.49. The summed E-state index contributed by atoms with van der Waals surface area (Å²) in [7, 11) is 1.28. The summed E-state index contributed by atoms with van der Waals surface area (Å²) in [6, 6.07) is -1.21. The maximum Gasteiger partial charge on any atom is 0.328 e. The molecular weight excluding hydrogens is 248 g/mol. The summed E-state index contributed by atoms with van der Waals surface area (Å²) in [6.45, 7) is 3.60. The molecular formula is C13H20N2O4. The molecule has 0 aliphatic carbocycles. The molecule has 1 aliphatic rings. The van der Waals surface area contributed by atoms with Crippen molar-refractivity contribution in [3.63, 3.8) is 0 Å². The number of esters is 1. The highest BCUT2D eigenvalue weighted by molar-refractivity contribution is 5.93. The first kappa shape index (κ1) is 15.2. The molecule has 0 saturated carbocycles. The van der Waals surface area contributed by atoms with Crippen LogP contribution in [0.15, 0.2) is 12.7 Å². The number of unbranched alkanes of at least 4 members (excludes halogenated alkanes) is 1. The van der Waals surface area contributed by atoms with Gasteiger partial charge in [0.1, 0.15) is 12.1 Å². The number of ether oxygens (including phenoxy) is 1. The third kappa shape index (κ3) is 4.73. The Balaban J connectivity index is 2.50. The molecule has 1 fully saturated rings. The largest absolute Gasteiger partial charge is 0.467 e. The van der Waals surface area contributed by atoms with Gasteiger partial charge in [-0.2, -0.15) is 0 Å². The monoisotopic (exact) mass is 268 g/mol. The lowest BCUT2D eigenvalue weighted by atomic mass is 10.1. The molecule has 0 aromatic rings. The fraction of sp³-hybridized carbons (Fsp3) is 0.615. The van der Waals surface area contributed by atoms with Crippen molar-refractivity contribution in [3.8, 4) is 0 Å². The van der Waals surface area contributed by atoms with Gasteiger partial charge in [0.2, 0.25) is 11.8 Å². The number of rotatable bonds is 7. The van der Waals surface area contributed by atoms with Crippen LogP contribution in [-0.2, 0) is 19.1 Å². The molecule has 6 nitrogen and oxygen atoms in total. The summed E-state index contributed by atoms with van der Waals surface area (Å²) in [5, 5.41) is 5.19.